The molecule has 0 heterocycles. The Morgan fingerprint density at radius 2 is 1.67 bits per heavy atom. The van der Waals surface area contributed by atoms with Gasteiger partial charge in [-0.2, -0.15) is 0 Å². The molecule has 2 fully saturated rings. The molecule has 2 saturated carbocycles. The maximum Gasteiger partial charge on any atom is 0.223 e. The zero-order chi connectivity index (χ0) is 15.8. The van der Waals surface area contributed by atoms with Gasteiger partial charge in [0.25, 0.3) is 0 Å². The molecular weight excluding hydrogens is 260 g/mol. The number of hydrogen-bond acceptors (Lipinski definition) is 2. The average Bonchev–Trinajstić information content (AvgIpc) is 2.27. The highest BCUT2D eigenvalue weighted by Gasteiger charge is 2.40. The van der Waals surface area contributed by atoms with Gasteiger partial charge in [-0.05, 0) is 55.3 Å². The molecule has 122 valence electrons. The number of carbonyl (C=O) groups is 1. The van der Waals surface area contributed by atoms with Crippen LogP contribution in [0.3, 0.4) is 0 Å². The van der Waals surface area contributed by atoms with Crippen LogP contribution in [0.5, 0.6) is 0 Å². The number of nitrogens with two attached hydrogens (primary N) is 1. The van der Waals surface area contributed by atoms with E-state index in [4.69, 9.17) is 5.73 Å². The standard InChI is InChI=1S/C18H34N2O/c1-12-6-7-13(19)8-15(12)16(21)20-14-9-17(2,3)11-18(4,5)10-14/h12-15H,6-11,19H2,1-5H3,(H,20,21). The van der Waals surface area contributed by atoms with Crippen molar-refractivity contribution in [3.63, 3.8) is 0 Å². The maximum atomic E-state index is 12.7. The van der Waals surface area contributed by atoms with Gasteiger partial charge in [-0.15, -0.1) is 0 Å². The van der Waals surface area contributed by atoms with Crippen molar-refractivity contribution < 1.29 is 4.79 Å². The lowest BCUT2D eigenvalue weighted by Crippen LogP contribution is -2.49. The van der Waals surface area contributed by atoms with E-state index in [1.807, 2.05) is 0 Å². The summed E-state index contributed by atoms with van der Waals surface area (Å²) in [5.74, 6) is 0.826. The zero-order valence-corrected chi connectivity index (χ0v) is 14.5. The Kier molecular flexibility index (Phi) is 4.72. The molecule has 2 aliphatic rings. The Labute approximate surface area is 130 Å². The lowest BCUT2D eigenvalue weighted by Gasteiger charge is -2.45. The van der Waals surface area contributed by atoms with Gasteiger partial charge >= 0.3 is 0 Å². The van der Waals surface area contributed by atoms with E-state index in [2.05, 4.69) is 39.9 Å². The second-order valence-electron chi connectivity index (χ2n) is 9.28. The zero-order valence-electron chi connectivity index (χ0n) is 14.5. The van der Waals surface area contributed by atoms with Crippen molar-refractivity contribution in [3.8, 4) is 0 Å². The van der Waals surface area contributed by atoms with E-state index in [0.29, 0.717) is 22.8 Å². The lowest BCUT2D eigenvalue weighted by molar-refractivity contribution is -0.129. The third-order valence-electron chi connectivity index (χ3n) is 5.47. The average molecular weight is 294 g/mol. The highest BCUT2D eigenvalue weighted by Crippen LogP contribution is 2.45. The summed E-state index contributed by atoms with van der Waals surface area (Å²) in [6.45, 7) is 11.5. The summed E-state index contributed by atoms with van der Waals surface area (Å²) < 4.78 is 0. The molecule has 0 saturated heterocycles. The quantitative estimate of drug-likeness (QED) is 0.819. The number of nitrogens with one attached hydrogen (secondary N) is 1. The lowest BCUT2D eigenvalue weighted by atomic mass is 9.63. The molecule has 0 bridgehead atoms. The molecular formula is C18H34N2O. The second kappa shape index (κ2) is 5.91. The van der Waals surface area contributed by atoms with Gasteiger partial charge in [-0.1, -0.05) is 34.6 Å². The van der Waals surface area contributed by atoms with Gasteiger partial charge in [0, 0.05) is 18.0 Å². The molecule has 0 aromatic rings. The van der Waals surface area contributed by atoms with Crippen LogP contribution in [0.2, 0.25) is 0 Å². The third-order valence-corrected chi connectivity index (χ3v) is 5.47. The Bertz CT molecular complexity index is 373. The Hall–Kier alpha value is -0.570. The van der Waals surface area contributed by atoms with Crippen LogP contribution in [0, 0.1) is 22.7 Å². The Balaban J connectivity index is 1.98. The molecule has 3 unspecified atom stereocenters. The van der Waals surface area contributed by atoms with E-state index in [1.165, 1.54) is 6.42 Å². The molecule has 3 N–H and O–H groups in total. The fourth-order valence-electron chi connectivity index (χ4n) is 4.98. The predicted molar refractivity (Wildman–Crippen MR) is 87.8 cm³/mol. The van der Waals surface area contributed by atoms with Crippen LogP contribution < -0.4 is 11.1 Å². The molecule has 0 spiro atoms. The first-order valence-corrected chi connectivity index (χ1v) is 8.64. The van der Waals surface area contributed by atoms with E-state index >= 15 is 0 Å². The number of carbonyl (C=O) groups excluding carboxylic acids is 1. The summed E-state index contributed by atoms with van der Waals surface area (Å²) in [5.41, 5.74) is 6.69. The molecule has 3 heteroatoms. The van der Waals surface area contributed by atoms with E-state index in [0.717, 1.165) is 32.1 Å². The normalized spacial score (nSPS) is 36.2. The van der Waals surface area contributed by atoms with Gasteiger partial charge < -0.3 is 11.1 Å². The summed E-state index contributed by atoms with van der Waals surface area (Å²) in [5, 5.41) is 3.36. The highest BCUT2D eigenvalue weighted by molar-refractivity contribution is 5.79. The smallest absolute Gasteiger partial charge is 0.223 e. The number of rotatable bonds is 2. The minimum absolute atomic E-state index is 0.113. The summed E-state index contributed by atoms with van der Waals surface area (Å²) in [6, 6.07) is 0.526. The van der Waals surface area contributed by atoms with Crippen molar-refractivity contribution in [2.75, 3.05) is 0 Å². The van der Waals surface area contributed by atoms with Gasteiger partial charge in [-0.25, -0.2) is 0 Å². The van der Waals surface area contributed by atoms with Crippen LogP contribution in [0.25, 0.3) is 0 Å². The maximum absolute atomic E-state index is 12.7. The van der Waals surface area contributed by atoms with Crippen LogP contribution in [0.15, 0.2) is 0 Å². The van der Waals surface area contributed by atoms with E-state index in [-0.39, 0.29) is 17.9 Å². The van der Waals surface area contributed by atoms with E-state index in [9.17, 15) is 4.79 Å². The Morgan fingerprint density at radius 3 is 2.24 bits per heavy atom. The van der Waals surface area contributed by atoms with Gasteiger partial charge in [0.2, 0.25) is 5.91 Å². The molecule has 1 amide bonds. The molecule has 3 nitrogen and oxygen atoms in total. The topological polar surface area (TPSA) is 55.1 Å². The van der Waals surface area contributed by atoms with E-state index in [1.54, 1.807) is 0 Å². The molecule has 0 aromatic carbocycles. The fraction of sp³-hybridized carbons (Fsp3) is 0.944. The molecule has 0 aromatic heterocycles. The first kappa shape index (κ1) is 16.8. The van der Waals surface area contributed by atoms with Crippen molar-refractivity contribution in [3.05, 3.63) is 0 Å². The predicted octanol–water partition coefficient (Wildman–Crippen LogP) is 3.47. The van der Waals surface area contributed by atoms with Crippen LogP contribution in [-0.4, -0.2) is 18.0 Å². The summed E-state index contributed by atoms with van der Waals surface area (Å²) >= 11 is 0. The highest BCUT2D eigenvalue weighted by atomic mass is 16.2. The molecule has 3 atom stereocenters. The first-order valence-electron chi connectivity index (χ1n) is 8.64. The van der Waals surface area contributed by atoms with E-state index < -0.39 is 0 Å². The molecule has 2 aliphatic carbocycles. The van der Waals surface area contributed by atoms with Crippen molar-refractivity contribution in [1.29, 1.82) is 0 Å². The second-order valence-corrected chi connectivity index (χ2v) is 9.28. The number of hydrogen-bond donors (Lipinski definition) is 2. The molecule has 2 rings (SSSR count). The monoisotopic (exact) mass is 294 g/mol. The summed E-state index contributed by atoms with van der Waals surface area (Å²) in [6.07, 6.45) is 6.42. The minimum Gasteiger partial charge on any atom is -0.353 e. The van der Waals surface area contributed by atoms with Gasteiger partial charge in [0.1, 0.15) is 0 Å². The SMILES string of the molecule is CC1CCC(N)CC1C(=O)NC1CC(C)(C)CC(C)(C)C1. The first-order chi connectivity index (χ1) is 9.58. The summed E-state index contributed by atoms with van der Waals surface area (Å²) in [7, 11) is 0. The Morgan fingerprint density at radius 1 is 1.10 bits per heavy atom. The minimum atomic E-state index is 0.113. The van der Waals surface area contributed by atoms with Crippen molar-refractivity contribution in [1.82, 2.24) is 5.32 Å². The molecule has 21 heavy (non-hydrogen) atoms. The largest absolute Gasteiger partial charge is 0.353 e. The molecule has 0 radical (unpaired) electrons. The van der Waals surface area contributed by atoms with Crippen LogP contribution in [0.4, 0.5) is 0 Å². The summed E-state index contributed by atoms with van der Waals surface area (Å²) in [4.78, 5) is 12.7. The fourth-order valence-corrected chi connectivity index (χ4v) is 4.98. The van der Waals surface area contributed by atoms with Crippen molar-refractivity contribution in [2.24, 2.45) is 28.4 Å². The van der Waals surface area contributed by atoms with Crippen molar-refractivity contribution >= 4 is 5.91 Å². The molecule has 0 aliphatic heterocycles. The van der Waals surface area contributed by atoms with Crippen LogP contribution in [-0.2, 0) is 4.79 Å². The van der Waals surface area contributed by atoms with Gasteiger partial charge in [0.05, 0.1) is 0 Å². The van der Waals surface area contributed by atoms with Gasteiger partial charge in [-0.3, -0.25) is 4.79 Å². The van der Waals surface area contributed by atoms with Gasteiger partial charge in [0.15, 0.2) is 0 Å². The van der Waals surface area contributed by atoms with Crippen LogP contribution >= 0.6 is 0 Å². The van der Waals surface area contributed by atoms with Crippen molar-refractivity contribution in [2.45, 2.75) is 85.2 Å². The third kappa shape index (κ3) is 4.45. The van der Waals surface area contributed by atoms with Crippen LogP contribution in [0.1, 0.15) is 73.1 Å². The number of amides is 1.